The molecule has 0 heterocycles. The second-order valence-electron chi connectivity index (χ2n) is 13.7. The van der Waals surface area contributed by atoms with Gasteiger partial charge in [0.05, 0.1) is 19.8 Å². The van der Waals surface area contributed by atoms with E-state index >= 15 is 0 Å². The summed E-state index contributed by atoms with van der Waals surface area (Å²) in [6.45, 7) is 3.60. The van der Waals surface area contributed by atoms with Crippen molar-refractivity contribution in [1.29, 1.82) is 0 Å². The summed E-state index contributed by atoms with van der Waals surface area (Å²) in [6, 6.07) is -1.48. The molecule has 55 heavy (non-hydrogen) atoms. The highest BCUT2D eigenvalue weighted by Crippen LogP contribution is 2.43. The molecule has 0 bridgehead atoms. The van der Waals surface area contributed by atoms with Gasteiger partial charge in [-0.1, -0.05) is 164 Å². The average Bonchev–Trinajstić information content (AvgIpc) is 3.16. The number of aliphatic carboxylic acids is 1. The first-order chi connectivity index (χ1) is 26.7. The summed E-state index contributed by atoms with van der Waals surface area (Å²) in [6.07, 6.45) is 48.2. The molecule has 11 heteroatoms. The minimum absolute atomic E-state index is 0.0251. The van der Waals surface area contributed by atoms with Gasteiger partial charge in [-0.25, -0.2) is 4.57 Å². The number of carboxylic acid groups (broad SMARTS) is 1. The number of phosphoric acid groups is 1. The Morgan fingerprint density at radius 1 is 0.600 bits per heavy atom. The zero-order chi connectivity index (χ0) is 40.5. The fraction of sp³-hybridized carbons (Fsp3) is 0.682. The summed E-state index contributed by atoms with van der Waals surface area (Å²) in [5.74, 6) is -1.81. The summed E-state index contributed by atoms with van der Waals surface area (Å²) < 4.78 is 33.2. The Hall–Kier alpha value is -2.59. The maximum absolute atomic E-state index is 12.6. The fourth-order valence-corrected chi connectivity index (χ4v) is 6.04. The quantitative estimate of drug-likeness (QED) is 0.0237. The molecule has 3 unspecified atom stereocenters. The number of hydrogen-bond donors (Lipinski definition) is 3. The highest BCUT2D eigenvalue weighted by molar-refractivity contribution is 7.47. The number of carboxylic acids is 1. The van der Waals surface area contributed by atoms with Gasteiger partial charge in [0.1, 0.15) is 12.1 Å². The lowest BCUT2D eigenvalue weighted by Crippen LogP contribution is -2.34. The van der Waals surface area contributed by atoms with Crippen LogP contribution in [0, 0.1) is 0 Å². The van der Waals surface area contributed by atoms with Crippen molar-refractivity contribution in [3.63, 3.8) is 0 Å². The number of allylic oxidation sites excluding steroid dienone is 12. The number of unbranched alkanes of at least 4 members (excludes halogenated alkanes) is 13. The van der Waals surface area contributed by atoms with Gasteiger partial charge in [0.25, 0.3) is 0 Å². The van der Waals surface area contributed by atoms with Gasteiger partial charge in [-0.15, -0.1) is 0 Å². The van der Waals surface area contributed by atoms with Crippen molar-refractivity contribution in [1.82, 2.24) is 0 Å². The SMILES string of the molecule is CC/C=C\C/C=C\C/C=C\C/C=C\C/C=C\C/C=C\CCCOCC(COP(=O)(O)OCC(N)C(=O)O)OC(=O)CCCCCCCCCCCCCCC. The zero-order valence-corrected chi connectivity index (χ0v) is 35.1. The molecule has 0 amide bonds. The minimum atomic E-state index is -4.63. The second-order valence-corrected chi connectivity index (χ2v) is 15.2. The average molecular weight is 794 g/mol. The van der Waals surface area contributed by atoms with Crippen molar-refractivity contribution in [3.8, 4) is 0 Å². The molecule has 0 aromatic carbocycles. The van der Waals surface area contributed by atoms with Crippen LogP contribution in [0.3, 0.4) is 0 Å². The number of phosphoric ester groups is 1. The van der Waals surface area contributed by atoms with E-state index in [9.17, 15) is 19.0 Å². The number of carbonyl (C=O) groups excluding carboxylic acids is 1. The van der Waals surface area contributed by atoms with E-state index in [1.165, 1.54) is 57.8 Å². The Kier molecular flexibility index (Phi) is 37.8. The monoisotopic (exact) mass is 794 g/mol. The number of carbonyl (C=O) groups is 2. The van der Waals surface area contributed by atoms with Gasteiger partial charge in [0.15, 0.2) is 0 Å². The molecule has 4 N–H and O–H groups in total. The number of nitrogens with two attached hydrogens (primary N) is 1. The smallest absolute Gasteiger partial charge is 0.472 e. The summed E-state index contributed by atoms with van der Waals surface area (Å²) in [7, 11) is -4.63. The first kappa shape index (κ1) is 52.4. The molecule has 0 aliphatic carbocycles. The van der Waals surface area contributed by atoms with Gasteiger partial charge in [0, 0.05) is 13.0 Å². The topological polar surface area (TPSA) is 155 Å². The van der Waals surface area contributed by atoms with Crippen molar-refractivity contribution in [2.24, 2.45) is 5.73 Å². The number of rotatable bonds is 39. The molecular formula is C44H76NO9P. The standard InChI is InChI=1S/C44H76NO9P/c1-3-5-7-9-11-13-15-17-18-19-20-21-22-23-25-27-29-31-33-35-37-51-38-41(39-52-55(49,50)53-40-42(45)44(47)48)54-43(46)36-34-32-30-28-26-24-16-14-12-10-8-6-4-2/h5,7,11,13,17-18,20-21,23,25,29,31,41-42H,3-4,6,8-10,12,14-16,19,22,24,26-28,30,32-40,45H2,1-2H3,(H,47,48)(H,49,50)/b7-5-,13-11-,18-17-,21-20-,25-23-,31-29-. The molecular weight excluding hydrogens is 717 g/mol. The van der Waals surface area contributed by atoms with E-state index < -0.39 is 45.1 Å². The van der Waals surface area contributed by atoms with Gasteiger partial charge < -0.3 is 25.2 Å². The van der Waals surface area contributed by atoms with Crippen molar-refractivity contribution in [3.05, 3.63) is 72.9 Å². The minimum Gasteiger partial charge on any atom is -0.480 e. The molecule has 0 saturated heterocycles. The number of hydrogen-bond acceptors (Lipinski definition) is 8. The molecule has 0 spiro atoms. The summed E-state index contributed by atoms with van der Waals surface area (Å²) in [5.41, 5.74) is 5.34. The normalized spacial score (nSPS) is 14.7. The summed E-state index contributed by atoms with van der Waals surface area (Å²) in [5, 5.41) is 8.88. The molecule has 0 aromatic rings. The van der Waals surface area contributed by atoms with Crippen LogP contribution in [0.15, 0.2) is 72.9 Å². The van der Waals surface area contributed by atoms with E-state index in [0.717, 1.165) is 70.6 Å². The van der Waals surface area contributed by atoms with Crippen LogP contribution < -0.4 is 5.73 Å². The van der Waals surface area contributed by atoms with E-state index in [1.54, 1.807) is 0 Å². The fourth-order valence-electron chi connectivity index (χ4n) is 5.27. The molecule has 10 nitrogen and oxygen atoms in total. The summed E-state index contributed by atoms with van der Waals surface area (Å²) >= 11 is 0. The summed E-state index contributed by atoms with van der Waals surface area (Å²) in [4.78, 5) is 33.5. The van der Waals surface area contributed by atoms with Crippen molar-refractivity contribution in [2.75, 3.05) is 26.4 Å². The zero-order valence-electron chi connectivity index (χ0n) is 34.2. The maximum Gasteiger partial charge on any atom is 0.472 e. The van der Waals surface area contributed by atoms with Crippen molar-refractivity contribution in [2.45, 2.75) is 167 Å². The Bertz CT molecular complexity index is 1150. The Morgan fingerprint density at radius 2 is 1.04 bits per heavy atom. The lowest BCUT2D eigenvalue weighted by Gasteiger charge is -2.20. The van der Waals surface area contributed by atoms with Gasteiger partial charge in [0.2, 0.25) is 0 Å². The molecule has 0 fully saturated rings. The highest BCUT2D eigenvalue weighted by Gasteiger charge is 2.27. The Balaban J connectivity index is 4.37. The molecule has 0 aliphatic heterocycles. The largest absolute Gasteiger partial charge is 0.480 e. The third-order valence-corrected chi connectivity index (χ3v) is 9.45. The van der Waals surface area contributed by atoms with Crippen LogP contribution in [0.25, 0.3) is 0 Å². The molecule has 0 aliphatic rings. The third-order valence-electron chi connectivity index (χ3n) is 8.50. The van der Waals surface area contributed by atoms with Crippen LogP contribution in [0.4, 0.5) is 0 Å². The molecule has 0 aromatic heterocycles. The number of esters is 1. The third kappa shape index (κ3) is 39.4. The predicted molar refractivity (Wildman–Crippen MR) is 226 cm³/mol. The highest BCUT2D eigenvalue weighted by atomic mass is 31.2. The lowest BCUT2D eigenvalue weighted by molar-refractivity contribution is -0.154. The number of ether oxygens (including phenoxy) is 2. The molecule has 0 radical (unpaired) electrons. The van der Waals surface area contributed by atoms with Crippen LogP contribution in [0.2, 0.25) is 0 Å². The Morgan fingerprint density at radius 3 is 1.51 bits per heavy atom. The van der Waals surface area contributed by atoms with E-state index in [1.807, 2.05) is 0 Å². The van der Waals surface area contributed by atoms with Gasteiger partial charge >= 0.3 is 19.8 Å². The van der Waals surface area contributed by atoms with E-state index in [0.29, 0.717) is 13.0 Å². The van der Waals surface area contributed by atoms with Crippen LogP contribution >= 0.6 is 7.82 Å². The predicted octanol–water partition coefficient (Wildman–Crippen LogP) is 11.4. The first-order valence-electron chi connectivity index (χ1n) is 21.0. The van der Waals surface area contributed by atoms with Gasteiger partial charge in [-0.2, -0.15) is 0 Å². The lowest BCUT2D eigenvalue weighted by atomic mass is 10.0. The van der Waals surface area contributed by atoms with Crippen LogP contribution in [-0.2, 0) is 32.7 Å². The molecule has 316 valence electrons. The van der Waals surface area contributed by atoms with E-state index in [4.69, 9.17) is 29.4 Å². The van der Waals surface area contributed by atoms with Crippen LogP contribution in [0.5, 0.6) is 0 Å². The van der Waals surface area contributed by atoms with Crippen LogP contribution in [-0.4, -0.2) is 60.5 Å². The maximum atomic E-state index is 12.6. The van der Waals surface area contributed by atoms with Crippen molar-refractivity contribution < 1.29 is 42.7 Å². The molecule has 0 saturated carbocycles. The second kappa shape index (κ2) is 39.6. The van der Waals surface area contributed by atoms with E-state index in [-0.39, 0.29) is 13.0 Å². The molecule has 3 atom stereocenters. The van der Waals surface area contributed by atoms with E-state index in [2.05, 4.69) is 86.8 Å². The Labute approximate surface area is 334 Å². The van der Waals surface area contributed by atoms with Gasteiger partial charge in [-0.3, -0.25) is 18.6 Å². The first-order valence-corrected chi connectivity index (χ1v) is 22.5. The van der Waals surface area contributed by atoms with Crippen molar-refractivity contribution >= 4 is 19.8 Å². The van der Waals surface area contributed by atoms with Gasteiger partial charge in [-0.05, 0) is 57.8 Å². The molecule has 0 rings (SSSR count). The van der Waals surface area contributed by atoms with Crippen LogP contribution in [0.1, 0.15) is 155 Å².